The number of benzene rings is 1. The minimum absolute atomic E-state index is 0.00113. The molecule has 0 amide bonds. The molecule has 9 heteroatoms. The molecule has 0 radical (unpaired) electrons. The SMILES string of the molecule is FC(F)(F)C1(Cl)NC(Cl)(Cc2ccccc2)NC1(Cl)Cl. The molecular formula is C11H9Cl4F3N2. The van der Waals surface area contributed by atoms with Gasteiger partial charge in [0.25, 0.3) is 0 Å². The van der Waals surface area contributed by atoms with Crippen LogP contribution in [0.25, 0.3) is 0 Å². The topological polar surface area (TPSA) is 24.1 Å². The van der Waals surface area contributed by atoms with Crippen molar-refractivity contribution in [1.29, 1.82) is 0 Å². The molecule has 0 saturated carbocycles. The number of hydrogen-bond donors (Lipinski definition) is 2. The van der Waals surface area contributed by atoms with E-state index in [1.807, 2.05) is 0 Å². The van der Waals surface area contributed by atoms with E-state index in [1.165, 1.54) is 0 Å². The predicted octanol–water partition coefficient (Wildman–Crippen LogP) is 3.94. The standard InChI is InChI=1S/C11H9Cl4F3N2/c12-8(6-7-4-2-1-3-5-7)19-9(13,11(16,17)18)10(14,15)20-8/h1-5,19-20H,6H2. The molecule has 2 atom stereocenters. The minimum Gasteiger partial charge on any atom is -0.256 e. The summed E-state index contributed by atoms with van der Waals surface area (Å²) in [6.45, 7) is 0. The Bertz CT molecular complexity index is 496. The zero-order valence-electron chi connectivity index (χ0n) is 9.74. The maximum absolute atomic E-state index is 13.1. The molecule has 2 nitrogen and oxygen atoms in total. The quantitative estimate of drug-likeness (QED) is 0.611. The fourth-order valence-electron chi connectivity index (χ4n) is 1.93. The van der Waals surface area contributed by atoms with Gasteiger partial charge in [-0.3, -0.25) is 10.6 Å². The van der Waals surface area contributed by atoms with Crippen molar-refractivity contribution in [3.05, 3.63) is 35.9 Å². The Hall–Kier alpha value is 0.0900. The number of nitrogens with one attached hydrogen (secondary N) is 2. The van der Waals surface area contributed by atoms with Gasteiger partial charge in [0.1, 0.15) is 0 Å². The molecule has 1 aliphatic rings. The van der Waals surface area contributed by atoms with Crippen LogP contribution in [0.2, 0.25) is 0 Å². The monoisotopic (exact) mass is 366 g/mol. The van der Waals surface area contributed by atoms with Crippen molar-refractivity contribution in [3.8, 4) is 0 Å². The minimum atomic E-state index is -4.90. The number of hydrogen-bond acceptors (Lipinski definition) is 2. The van der Waals surface area contributed by atoms with Crippen molar-refractivity contribution in [2.24, 2.45) is 0 Å². The van der Waals surface area contributed by atoms with E-state index in [1.54, 1.807) is 30.3 Å². The zero-order valence-corrected chi connectivity index (χ0v) is 12.8. The Kier molecular flexibility index (Phi) is 4.18. The molecule has 1 aliphatic heterocycles. The van der Waals surface area contributed by atoms with Crippen LogP contribution < -0.4 is 10.6 Å². The highest BCUT2D eigenvalue weighted by Crippen LogP contribution is 2.52. The lowest BCUT2D eigenvalue weighted by Gasteiger charge is -2.32. The van der Waals surface area contributed by atoms with Crippen molar-refractivity contribution in [2.75, 3.05) is 0 Å². The number of rotatable bonds is 2. The number of alkyl halides is 7. The van der Waals surface area contributed by atoms with Crippen LogP contribution in [0.4, 0.5) is 13.2 Å². The third-order valence-electron chi connectivity index (χ3n) is 2.84. The lowest BCUT2D eigenvalue weighted by molar-refractivity contribution is -0.169. The highest BCUT2D eigenvalue weighted by Gasteiger charge is 2.73. The summed E-state index contributed by atoms with van der Waals surface area (Å²) in [5.74, 6) is 0. The Labute approximate surface area is 133 Å². The third-order valence-corrected chi connectivity index (χ3v) is 4.70. The van der Waals surface area contributed by atoms with Gasteiger partial charge >= 0.3 is 6.18 Å². The normalized spacial score (nSPS) is 33.4. The van der Waals surface area contributed by atoms with Crippen LogP contribution in [0, 0.1) is 0 Å². The predicted molar refractivity (Wildman–Crippen MR) is 74.1 cm³/mol. The summed E-state index contributed by atoms with van der Waals surface area (Å²) in [5, 5.41) is 2.62. The fraction of sp³-hybridized carbons (Fsp3) is 0.455. The maximum atomic E-state index is 13.1. The van der Waals surface area contributed by atoms with Gasteiger partial charge in [-0.15, -0.1) is 0 Å². The summed E-state index contributed by atoms with van der Waals surface area (Å²) in [5.41, 5.74) is 0.690. The van der Waals surface area contributed by atoms with E-state index in [-0.39, 0.29) is 6.42 Å². The zero-order chi connectivity index (χ0) is 15.2. The van der Waals surface area contributed by atoms with Crippen LogP contribution in [-0.4, -0.2) is 20.8 Å². The van der Waals surface area contributed by atoms with E-state index in [0.717, 1.165) is 0 Å². The van der Waals surface area contributed by atoms with Gasteiger partial charge in [0.05, 0.1) is 0 Å². The molecule has 1 aromatic rings. The van der Waals surface area contributed by atoms with Crippen molar-refractivity contribution < 1.29 is 13.2 Å². The first-order chi connectivity index (χ1) is 8.99. The molecule has 2 unspecified atom stereocenters. The highest BCUT2D eigenvalue weighted by atomic mass is 35.5. The molecule has 20 heavy (non-hydrogen) atoms. The molecule has 0 aliphatic carbocycles. The molecule has 0 aromatic heterocycles. The second-order valence-corrected chi connectivity index (χ2v) is 6.98. The summed E-state index contributed by atoms with van der Waals surface area (Å²) in [7, 11) is 0. The number of halogens is 7. The van der Waals surface area contributed by atoms with E-state index in [0.29, 0.717) is 5.56 Å². The Morgan fingerprint density at radius 2 is 1.50 bits per heavy atom. The molecule has 0 spiro atoms. The van der Waals surface area contributed by atoms with E-state index in [9.17, 15) is 13.2 Å². The van der Waals surface area contributed by atoms with Gasteiger partial charge in [-0.1, -0.05) is 76.7 Å². The van der Waals surface area contributed by atoms with Gasteiger partial charge in [-0.2, -0.15) is 13.2 Å². The lowest BCUT2D eigenvalue weighted by atomic mass is 10.1. The fourth-order valence-corrected chi connectivity index (χ4v) is 3.35. The third kappa shape index (κ3) is 2.85. The summed E-state index contributed by atoms with van der Waals surface area (Å²) in [6, 6.07) is 8.65. The first-order valence-corrected chi connectivity index (χ1v) is 6.95. The molecule has 2 rings (SSSR count). The van der Waals surface area contributed by atoms with E-state index in [2.05, 4.69) is 10.6 Å². The van der Waals surface area contributed by atoms with Crippen LogP contribution in [0.1, 0.15) is 5.56 Å². The van der Waals surface area contributed by atoms with Gasteiger partial charge in [-0.25, -0.2) is 0 Å². The van der Waals surface area contributed by atoms with Gasteiger partial charge in [-0.05, 0) is 5.56 Å². The molecule has 2 N–H and O–H groups in total. The van der Waals surface area contributed by atoms with Crippen molar-refractivity contribution in [2.45, 2.75) is 27.2 Å². The summed E-state index contributed by atoms with van der Waals surface area (Å²) >= 11 is 23.0. The van der Waals surface area contributed by atoms with Crippen molar-refractivity contribution in [3.63, 3.8) is 0 Å². The summed E-state index contributed by atoms with van der Waals surface area (Å²) < 4.78 is 36.7. The molecular weight excluding hydrogens is 359 g/mol. The van der Waals surface area contributed by atoms with Gasteiger partial charge in [0.15, 0.2) is 5.12 Å². The lowest BCUT2D eigenvalue weighted by Crippen LogP contribution is -2.59. The first kappa shape index (κ1) is 16.5. The van der Waals surface area contributed by atoms with Crippen molar-refractivity contribution >= 4 is 46.4 Å². The van der Waals surface area contributed by atoms with Gasteiger partial charge in [0.2, 0.25) is 9.46 Å². The largest absolute Gasteiger partial charge is 0.425 e. The highest BCUT2D eigenvalue weighted by molar-refractivity contribution is 6.54. The van der Waals surface area contributed by atoms with Crippen LogP contribution >= 0.6 is 46.4 Å². The van der Waals surface area contributed by atoms with Crippen LogP contribution in [-0.2, 0) is 6.42 Å². The average molecular weight is 368 g/mol. The molecule has 112 valence electrons. The van der Waals surface area contributed by atoms with E-state index < -0.39 is 20.8 Å². The average Bonchev–Trinajstić information content (AvgIpc) is 2.45. The maximum Gasteiger partial charge on any atom is 0.425 e. The van der Waals surface area contributed by atoms with Gasteiger partial charge < -0.3 is 0 Å². The molecule has 1 aromatic carbocycles. The Morgan fingerprint density at radius 3 is 1.95 bits per heavy atom. The van der Waals surface area contributed by atoms with Crippen LogP contribution in [0.5, 0.6) is 0 Å². The smallest absolute Gasteiger partial charge is 0.256 e. The first-order valence-electron chi connectivity index (χ1n) is 5.44. The second-order valence-electron chi connectivity index (χ2n) is 4.44. The summed E-state index contributed by atoms with van der Waals surface area (Å²) in [6.07, 6.45) is -4.90. The molecule has 1 fully saturated rings. The van der Waals surface area contributed by atoms with Crippen molar-refractivity contribution in [1.82, 2.24) is 10.6 Å². The Balaban J connectivity index is 2.29. The molecule has 0 bridgehead atoms. The van der Waals surface area contributed by atoms with Crippen LogP contribution in [0.15, 0.2) is 30.3 Å². The van der Waals surface area contributed by atoms with Gasteiger partial charge in [0, 0.05) is 6.42 Å². The van der Waals surface area contributed by atoms with E-state index >= 15 is 0 Å². The van der Waals surface area contributed by atoms with E-state index in [4.69, 9.17) is 46.4 Å². The second kappa shape index (κ2) is 5.07. The summed E-state index contributed by atoms with van der Waals surface area (Å²) in [4.78, 5) is -3.10. The molecule has 1 heterocycles. The van der Waals surface area contributed by atoms with Crippen LogP contribution in [0.3, 0.4) is 0 Å². The molecule has 1 saturated heterocycles. The Morgan fingerprint density at radius 1 is 0.950 bits per heavy atom.